The number of pyridine rings is 1. The predicted molar refractivity (Wildman–Crippen MR) is 58.7 cm³/mol. The number of carbonyl (C=O) groups is 1. The van der Waals surface area contributed by atoms with E-state index in [0.29, 0.717) is 11.6 Å². The molecular formula is C12H16N2O. The highest BCUT2D eigenvalue weighted by molar-refractivity contribution is 5.92. The normalized spacial score (nSPS) is 15.0. The van der Waals surface area contributed by atoms with Crippen LogP contribution >= 0.6 is 0 Å². The van der Waals surface area contributed by atoms with Gasteiger partial charge in [0.15, 0.2) is 0 Å². The summed E-state index contributed by atoms with van der Waals surface area (Å²) in [6.07, 6.45) is 5.23. The second-order valence-corrected chi connectivity index (χ2v) is 4.06. The fourth-order valence-corrected chi connectivity index (χ4v) is 1.42. The van der Waals surface area contributed by atoms with Crippen LogP contribution in [-0.4, -0.2) is 17.4 Å². The summed E-state index contributed by atoms with van der Waals surface area (Å²) in [4.78, 5) is 15.7. The summed E-state index contributed by atoms with van der Waals surface area (Å²) in [6, 6.07) is 3.75. The summed E-state index contributed by atoms with van der Waals surface area (Å²) in [7, 11) is 0. The van der Waals surface area contributed by atoms with Crippen molar-refractivity contribution in [3.05, 3.63) is 29.6 Å². The average molecular weight is 204 g/mol. The third-order valence-corrected chi connectivity index (χ3v) is 2.71. The number of rotatable bonds is 4. The number of aryl methyl sites for hydroxylation is 1. The Morgan fingerprint density at radius 1 is 1.53 bits per heavy atom. The number of carbonyl (C=O) groups excluding carboxylic acids is 1. The Labute approximate surface area is 89.9 Å². The predicted octanol–water partition coefficient (Wildman–Crippen LogP) is 1.78. The molecule has 0 aliphatic heterocycles. The lowest BCUT2D eigenvalue weighted by molar-refractivity contribution is 0.0947. The summed E-state index contributed by atoms with van der Waals surface area (Å²) in [6.45, 7) is 2.87. The van der Waals surface area contributed by atoms with Gasteiger partial charge in [-0.2, -0.15) is 0 Å². The van der Waals surface area contributed by atoms with E-state index in [-0.39, 0.29) is 5.91 Å². The molecule has 1 aromatic heterocycles. The molecule has 1 amide bonds. The highest BCUT2D eigenvalue weighted by Gasteiger charge is 2.21. The Morgan fingerprint density at radius 3 is 2.87 bits per heavy atom. The Balaban J connectivity index is 1.91. The zero-order valence-corrected chi connectivity index (χ0v) is 8.99. The summed E-state index contributed by atoms with van der Waals surface area (Å²) in [5.41, 5.74) is 1.68. The largest absolute Gasteiger partial charge is 0.350 e. The van der Waals surface area contributed by atoms with Gasteiger partial charge in [-0.05, 0) is 36.8 Å². The lowest BCUT2D eigenvalue weighted by Gasteiger charge is -2.03. The van der Waals surface area contributed by atoms with Crippen LogP contribution in [-0.2, 0) is 6.42 Å². The van der Waals surface area contributed by atoms with E-state index in [2.05, 4.69) is 17.2 Å². The average Bonchev–Trinajstić information content (AvgIpc) is 3.10. The van der Waals surface area contributed by atoms with E-state index in [0.717, 1.165) is 18.5 Å². The van der Waals surface area contributed by atoms with Gasteiger partial charge in [-0.1, -0.05) is 13.0 Å². The first kappa shape index (κ1) is 10.1. The summed E-state index contributed by atoms with van der Waals surface area (Å²) in [5, 5.41) is 2.90. The van der Waals surface area contributed by atoms with Crippen molar-refractivity contribution in [2.24, 2.45) is 5.92 Å². The van der Waals surface area contributed by atoms with Crippen molar-refractivity contribution in [2.45, 2.75) is 26.2 Å². The third-order valence-electron chi connectivity index (χ3n) is 2.71. The van der Waals surface area contributed by atoms with Crippen molar-refractivity contribution in [1.29, 1.82) is 0 Å². The van der Waals surface area contributed by atoms with E-state index in [9.17, 15) is 4.79 Å². The van der Waals surface area contributed by atoms with E-state index in [1.54, 1.807) is 12.3 Å². The van der Waals surface area contributed by atoms with Crippen LogP contribution in [0.4, 0.5) is 0 Å². The van der Waals surface area contributed by atoms with Gasteiger partial charge in [0.25, 0.3) is 5.91 Å². The fraction of sp³-hybridized carbons (Fsp3) is 0.500. The molecule has 1 heterocycles. The van der Waals surface area contributed by atoms with Crippen LogP contribution in [0.25, 0.3) is 0 Å². The molecule has 0 aromatic carbocycles. The highest BCUT2D eigenvalue weighted by Crippen LogP contribution is 2.27. The number of hydrogen-bond acceptors (Lipinski definition) is 2. The van der Waals surface area contributed by atoms with Crippen molar-refractivity contribution < 1.29 is 4.79 Å². The molecule has 3 nitrogen and oxygen atoms in total. The Morgan fingerprint density at radius 2 is 2.33 bits per heavy atom. The van der Waals surface area contributed by atoms with Crippen LogP contribution in [0.1, 0.15) is 35.8 Å². The van der Waals surface area contributed by atoms with E-state index < -0.39 is 0 Å². The maximum absolute atomic E-state index is 11.6. The molecule has 0 spiro atoms. The van der Waals surface area contributed by atoms with Crippen molar-refractivity contribution in [3.63, 3.8) is 0 Å². The van der Waals surface area contributed by atoms with Crippen molar-refractivity contribution in [3.8, 4) is 0 Å². The van der Waals surface area contributed by atoms with E-state index >= 15 is 0 Å². The van der Waals surface area contributed by atoms with Gasteiger partial charge >= 0.3 is 0 Å². The molecule has 1 saturated carbocycles. The van der Waals surface area contributed by atoms with E-state index in [1.165, 1.54) is 12.8 Å². The molecule has 15 heavy (non-hydrogen) atoms. The van der Waals surface area contributed by atoms with Gasteiger partial charge in [0, 0.05) is 12.7 Å². The van der Waals surface area contributed by atoms with Crippen LogP contribution in [0, 0.1) is 5.92 Å². The van der Waals surface area contributed by atoms with E-state index in [4.69, 9.17) is 0 Å². The van der Waals surface area contributed by atoms with Gasteiger partial charge in [-0.15, -0.1) is 0 Å². The molecule has 1 N–H and O–H groups in total. The molecular weight excluding hydrogens is 188 g/mol. The molecule has 1 aromatic rings. The lowest BCUT2D eigenvalue weighted by atomic mass is 10.2. The standard InChI is InChI=1S/C12H16N2O/c1-2-9-5-6-11(13-7-9)12(15)14-8-10-3-4-10/h5-7,10H,2-4,8H2,1H3,(H,14,15). The first-order valence-corrected chi connectivity index (χ1v) is 5.52. The zero-order chi connectivity index (χ0) is 10.7. The maximum Gasteiger partial charge on any atom is 0.269 e. The fourth-order valence-electron chi connectivity index (χ4n) is 1.42. The van der Waals surface area contributed by atoms with Gasteiger partial charge in [0.05, 0.1) is 0 Å². The second-order valence-electron chi connectivity index (χ2n) is 4.06. The number of aromatic nitrogens is 1. The molecule has 0 bridgehead atoms. The Hall–Kier alpha value is -1.38. The minimum Gasteiger partial charge on any atom is -0.350 e. The van der Waals surface area contributed by atoms with Gasteiger partial charge < -0.3 is 5.32 Å². The minimum atomic E-state index is -0.0513. The molecule has 1 aliphatic carbocycles. The number of nitrogens with zero attached hydrogens (tertiary/aromatic N) is 1. The molecule has 1 aliphatic rings. The number of amides is 1. The molecule has 0 radical (unpaired) electrons. The number of hydrogen-bond donors (Lipinski definition) is 1. The first-order chi connectivity index (χ1) is 7.29. The lowest BCUT2D eigenvalue weighted by Crippen LogP contribution is -2.26. The first-order valence-electron chi connectivity index (χ1n) is 5.52. The number of nitrogens with one attached hydrogen (secondary N) is 1. The summed E-state index contributed by atoms with van der Waals surface area (Å²) >= 11 is 0. The molecule has 80 valence electrons. The molecule has 0 saturated heterocycles. The zero-order valence-electron chi connectivity index (χ0n) is 8.99. The van der Waals surface area contributed by atoms with Gasteiger partial charge in [-0.3, -0.25) is 9.78 Å². The van der Waals surface area contributed by atoms with Crippen molar-refractivity contribution in [2.75, 3.05) is 6.54 Å². The molecule has 3 heteroatoms. The Kier molecular flexibility index (Phi) is 2.99. The van der Waals surface area contributed by atoms with Crippen molar-refractivity contribution in [1.82, 2.24) is 10.3 Å². The summed E-state index contributed by atoms with van der Waals surface area (Å²) in [5.74, 6) is 0.661. The SMILES string of the molecule is CCc1ccc(C(=O)NCC2CC2)nc1. The Bertz CT molecular complexity index is 341. The third kappa shape index (κ3) is 2.78. The van der Waals surface area contributed by atoms with E-state index in [1.807, 2.05) is 6.07 Å². The van der Waals surface area contributed by atoms with Crippen molar-refractivity contribution >= 4 is 5.91 Å². The molecule has 1 fully saturated rings. The van der Waals surface area contributed by atoms with Crippen LogP contribution in [0.3, 0.4) is 0 Å². The van der Waals surface area contributed by atoms with Crippen LogP contribution < -0.4 is 5.32 Å². The highest BCUT2D eigenvalue weighted by atomic mass is 16.1. The van der Waals surface area contributed by atoms with Gasteiger partial charge in [-0.25, -0.2) is 0 Å². The van der Waals surface area contributed by atoms with Gasteiger partial charge in [0.2, 0.25) is 0 Å². The van der Waals surface area contributed by atoms with Crippen LogP contribution in [0.2, 0.25) is 0 Å². The summed E-state index contributed by atoms with van der Waals surface area (Å²) < 4.78 is 0. The smallest absolute Gasteiger partial charge is 0.269 e. The monoisotopic (exact) mass is 204 g/mol. The van der Waals surface area contributed by atoms with Crippen LogP contribution in [0.5, 0.6) is 0 Å². The topological polar surface area (TPSA) is 42.0 Å². The molecule has 0 atom stereocenters. The molecule has 2 rings (SSSR count). The molecule has 0 unspecified atom stereocenters. The van der Waals surface area contributed by atoms with Gasteiger partial charge in [0.1, 0.15) is 5.69 Å². The maximum atomic E-state index is 11.6. The quantitative estimate of drug-likeness (QED) is 0.812. The minimum absolute atomic E-state index is 0.0513. The second kappa shape index (κ2) is 4.43. The van der Waals surface area contributed by atoms with Crippen LogP contribution in [0.15, 0.2) is 18.3 Å².